The molecule has 0 spiro atoms. The van der Waals surface area contributed by atoms with Crippen LogP contribution in [0, 0.1) is 5.92 Å². The van der Waals surface area contributed by atoms with Gasteiger partial charge in [0.1, 0.15) is 0 Å². The molecule has 0 amide bonds. The van der Waals surface area contributed by atoms with Crippen LogP contribution in [0.1, 0.15) is 38.5 Å². The fourth-order valence-electron chi connectivity index (χ4n) is 3.90. The number of nitrogens with zero attached hydrogens (tertiary/aromatic N) is 5. The maximum absolute atomic E-state index is 5.45. The molecule has 22 heavy (non-hydrogen) atoms. The third kappa shape index (κ3) is 3.57. The molecule has 1 saturated heterocycles. The van der Waals surface area contributed by atoms with Gasteiger partial charge in [0, 0.05) is 39.3 Å². The highest BCUT2D eigenvalue weighted by Gasteiger charge is 2.29. The third-order valence-electron chi connectivity index (χ3n) is 5.14. The average Bonchev–Trinajstić information content (AvgIpc) is 3.19. The first-order chi connectivity index (χ1) is 10.8. The van der Waals surface area contributed by atoms with Crippen LogP contribution in [-0.4, -0.2) is 59.1 Å². The molecule has 2 fully saturated rings. The Bertz CT molecular complexity index is 451. The quantitative estimate of drug-likeness (QED) is 0.845. The summed E-state index contributed by atoms with van der Waals surface area (Å²) in [5.74, 6) is 1.67. The van der Waals surface area contributed by atoms with E-state index in [1.54, 1.807) is 4.68 Å². The van der Waals surface area contributed by atoms with Crippen molar-refractivity contribution in [3.63, 3.8) is 0 Å². The van der Waals surface area contributed by atoms with Gasteiger partial charge in [-0.3, -0.25) is 0 Å². The Balaban J connectivity index is 1.51. The first-order valence-corrected chi connectivity index (χ1v) is 8.50. The summed E-state index contributed by atoms with van der Waals surface area (Å²) in [5, 5.41) is 15.6. The molecule has 1 atom stereocenters. The van der Waals surface area contributed by atoms with Crippen molar-refractivity contribution < 1.29 is 4.74 Å². The maximum Gasteiger partial charge on any atom is 0.245 e. The summed E-state index contributed by atoms with van der Waals surface area (Å²) in [6.45, 7) is 2.85. The Kier molecular flexibility index (Phi) is 5.25. The summed E-state index contributed by atoms with van der Waals surface area (Å²) in [5.41, 5.74) is 0. The highest BCUT2D eigenvalue weighted by molar-refractivity contribution is 5.28. The molecule has 3 rings (SSSR count). The molecule has 2 heterocycles. The topological polar surface area (TPSA) is 68.1 Å². The molecule has 1 aromatic rings. The lowest BCUT2D eigenvalue weighted by Gasteiger charge is -2.36. The first kappa shape index (κ1) is 15.7. The van der Waals surface area contributed by atoms with Gasteiger partial charge in [0.05, 0.1) is 6.61 Å². The molecule has 1 saturated carbocycles. The van der Waals surface area contributed by atoms with Gasteiger partial charge in [-0.15, -0.1) is 0 Å². The molecule has 1 aliphatic heterocycles. The Hall–Kier alpha value is -1.21. The lowest BCUT2D eigenvalue weighted by Crippen LogP contribution is -2.50. The molecule has 0 aromatic carbocycles. The van der Waals surface area contributed by atoms with Gasteiger partial charge < -0.3 is 15.0 Å². The predicted octanol–water partition coefficient (Wildman–Crippen LogP) is 0.974. The minimum absolute atomic E-state index is 0.514. The largest absolute Gasteiger partial charge is 0.383 e. The summed E-state index contributed by atoms with van der Waals surface area (Å²) in [4.78, 5) is 2.28. The van der Waals surface area contributed by atoms with E-state index < -0.39 is 0 Å². The van der Waals surface area contributed by atoms with E-state index in [9.17, 15) is 0 Å². The van der Waals surface area contributed by atoms with Crippen LogP contribution >= 0.6 is 0 Å². The van der Waals surface area contributed by atoms with E-state index in [0.717, 1.165) is 44.4 Å². The van der Waals surface area contributed by atoms with E-state index in [4.69, 9.17) is 4.74 Å². The number of piperidine rings is 1. The Morgan fingerprint density at radius 2 is 1.95 bits per heavy atom. The molecule has 1 unspecified atom stereocenters. The van der Waals surface area contributed by atoms with Crippen molar-refractivity contribution in [3.8, 4) is 0 Å². The minimum atomic E-state index is 0.514. The monoisotopic (exact) mass is 308 g/mol. The molecule has 1 N–H and O–H groups in total. The molecule has 7 nitrogen and oxygen atoms in total. The molecule has 0 bridgehead atoms. The van der Waals surface area contributed by atoms with E-state index in [1.807, 2.05) is 14.2 Å². The number of aromatic nitrogens is 4. The normalized spacial score (nSPS) is 22.4. The highest BCUT2D eigenvalue weighted by atomic mass is 16.5. The van der Waals surface area contributed by atoms with E-state index in [1.165, 1.54) is 25.7 Å². The number of tetrazole rings is 1. The number of nitrogens with one attached hydrogen (secondary N) is 1. The van der Waals surface area contributed by atoms with E-state index >= 15 is 0 Å². The van der Waals surface area contributed by atoms with Crippen molar-refractivity contribution in [3.05, 3.63) is 0 Å². The molecular formula is C15H28N6O. The summed E-state index contributed by atoms with van der Waals surface area (Å²) < 4.78 is 7.20. The molecular weight excluding hydrogens is 280 g/mol. The van der Waals surface area contributed by atoms with Gasteiger partial charge >= 0.3 is 0 Å². The number of ether oxygens (including phenoxy) is 1. The van der Waals surface area contributed by atoms with Crippen LogP contribution < -0.4 is 10.2 Å². The van der Waals surface area contributed by atoms with Gasteiger partial charge in [-0.25, -0.2) is 4.68 Å². The Labute approximate surface area is 132 Å². The van der Waals surface area contributed by atoms with Crippen LogP contribution in [0.15, 0.2) is 0 Å². The number of aryl methyl sites for hydroxylation is 1. The van der Waals surface area contributed by atoms with Gasteiger partial charge in [-0.2, -0.15) is 0 Å². The zero-order valence-corrected chi connectivity index (χ0v) is 13.7. The van der Waals surface area contributed by atoms with Crippen molar-refractivity contribution in [2.75, 3.05) is 31.7 Å². The standard InChI is InChI=1S/C15H28N6O/c1-20-15(17-18-19-20)21-9-7-13(8-10-21)16-14(11-22-2)12-5-3-4-6-12/h12-14,16H,3-11H2,1-2H3. The van der Waals surface area contributed by atoms with Gasteiger partial charge in [-0.05, 0) is 42.0 Å². The average molecular weight is 308 g/mol. The van der Waals surface area contributed by atoms with Gasteiger partial charge in [0.25, 0.3) is 0 Å². The fraction of sp³-hybridized carbons (Fsp3) is 0.933. The molecule has 1 aliphatic carbocycles. The van der Waals surface area contributed by atoms with Crippen LogP contribution in [0.25, 0.3) is 0 Å². The number of methoxy groups -OCH3 is 1. The van der Waals surface area contributed by atoms with Gasteiger partial charge in [-0.1, -0.05) is 17.9 Å². The van der Waals surface area contributed by atoms with Crippen molar-refractivity contribution in [1.82, 2.24) is 25.5 Å². The van der Waals surface area contributed by atoms with E-state index in [2.05, 4.69) is 25.7 Å². The number of rotatable bonds is 6. The summed E-state index contributed by atoms with van der Waals surface area (Å²) in [7, 11) is 3.71. The van der Waals surface area contributed by atoms with Crippen molar-refractivity contribution >= 4 is 5.95 Å². The minimum Gasteiger partial charge on any atom is -0.383 e. The number of hydrogen-bond donors (Lipinski definition) is 1. The van der Waals surface area contributed by atoms with Crippen LogP contribution in [0.4, 0.5) is 5.95 Å². The second-order valence-corrected chi connectivity index (χ2v) is 6.64. The predicted molar refractivity (Wildman–Crippen MR) is 84.8 cm³/mol. The molecule has 1 aromatic heterocycles. The van der Waals surface area contributed by atoms with Crippen molar-refractivity contribution in [2.45, 2.75) is 50.6 Å². The van der Waals surface area contributed by atoms with Crippen LogP contribution in [0.5, 0.6) is 0 Å². The summed E-state index contributed by atoms with van der Waals surface area (Å²) >= 11 is 0. The Morgan fingerprint density at radius 3 is 2.55 bits per heavy atom. The second-order valence-electron chi connectivity index (χ2n) is 6.64. The Morgan fingerprint density at radius 1 is 1.23 bits per heavy atom. The fourth-order valence-corrected chi connectivity index (χ4v) is 3.90. The van der Waals surface area contributed by atoms with Crippen LogP contribution in [0.3, 0.4) is 0 Å². The maximum atomic E-state index is 5.45. The van der Waals surface area contributed by atoms with Crippen molar-refractivity contribution in [2.24, 2.45) is 13.0 Å². The second kappa shape index (κ2) is 7.37. The lowest BCUT2D eigenvalue weighted by molar-refractivity contribution is 0.130. The zero-order valence-electron chi connectivity index (χ0n) is 13.7. The molecule has 2 aliphatic rings. The SMILES string of the molecule is COCC(NC1CCN(c2nnnn2C)CC1)C1CCCC1. The zero-order chi connectivity index (χ0) is 15.4. The molecule has 0 radical (unpaired) electrons. The van der Waals surface area contributed by atoms with Gasteiger partial charge in [0.2, 0.25) is 5.95 Å². The van der Waals surface area contributed by atoms with E-state index in [0.29, 0.717) is 12.1 Å². The summed E-state index contributed by atoms with van der Waals surface area (Å²) in [6, 6.07) is 1.10. The lowest BCUT2D eigenvalue weighted by atomic mass is 9.96. The number of anilines is 1. The number of hydrogen-bond acceptors (Lipinski definition) is 6. The summed E-state index contributed by atoms with van der Waals surface area (Å²) in [6.07, 6.45) is 7.74. The van der Waals surface area contributed by atoms with E-state index in [-0.39, 0.29) is 0 Å². The smallest absolute Gasteiger partial charge is 0.245 e. The molecule has 7 heteroatoms. The first-order valence-electron chi connectivity index (χ1n) is 8.50. The highest BCUT2D eigenvalue weighted by Crippen LogP contribution is 2.29. The van der Waals surface area contributed by atoms with Crippen LogP contribution in [-0.2, 0) is 11.8 Å². The third-order valence-corrected chi connectivity index (χ3v) is 5.14. The van der Waals surface area contributed by atoms with Crippen molar-refractivity contribution in [1.29, 1.82) is 0 Å². The molecule has 124 valence electrons. The van der Waals surface area contributed by atoms with Crippen LogP contribution in [0.2, 0.25) is 0 Å². The van der Waals surface area contributed by atoms with Gasteiger partial charge in [0.15, 0.2) is 0 Å².